The summed E-state index contributed by atoms with van der Waals surface area (Å²) in [5, 5.41) is 11.7. The molecule has 4 heteroatoms. The first-order chi connectivity index (χ1) is 11.0. The molecule has 0 saturated heterocycles. The van der Waals surface area contributed by atoms with Gasteiger partial charge >= 0.3 is 0 Å². The lowest BCUT2D eigenvalue weighted by molar-refractivity contribution is -0.384. The number of hydrogen-bond donors (Lipinski definition) is 0. The van der Waals surface area contributed by atoms with Gasteiger partial charge in [0.2, 0.25) is 0 Å². The van der Waals surface area contributed by atoms with Crippen LogP contribution in [0.15, 0.2) is 48.0 Å². The smallest absolute Gasteiger partial charge is 0.258 e. The number of nitro groups is 1. The van der Waals surface area contributed by atoms with Gasteiger partial charge in [0.1, 0.15) is 0 Å². The van der Waals surface area contributed by atoms with Crippen LogP contribution in [0.25, 0.3) is 17.2 Å². The number of terminal acetylenes is 1. The second-order valence-corrected chi connectivity index (χ2v) is 5.68. The van der Waals surface area contributed by atoms with Gasteiger partial charge in [-0.15, -0.1) is 6.42 Å². The van der Waals surface area contributed by atoms with Crippen molar-refractivity contribution in [2.24, 2.45) is 0 Å². The Morgan fingerprint density at radius 1 is 1.17 bits per heavy atom. The van der Waals surface area contributed by atoms with E-state index in [1.165, 1.54) is 12.1 Å². The molecule has 2 aromatic rings. The monoisotopic (exact) mass is 321 g/mol. The van der Waals surface area contributed by atoms with E-state index in [1.807, 2.05) is 37.3 Å². The third kappa shape index (κ3) is 2.65. The van der Waals surface area contributed by atoms with Gasteiger partial charge in [0.15, 0.2) is 0 Å². The van der Waals surface area contributed by atoms with Crippen LogP contribution in [0.3, 0.4) is 0 Å². The molecule has 23 heavy (non-hydrogen) atoms. The zero-order chi connectivity index (χ0) is 16.6. The van der Waals surface area contributed by atoms with Gasteiger partial charge in [-0.3, -0.25) is 10.1 Å². The summed E-state index contributed by atoms with van der Waals surface area (Å²) in [7, 11) is 0. The SMILES string of the molecule is C#CC1=C(C)C(=Cc2ccc(Cl)cc2)c2ccc([N+](=O)[O-])cc21. The molecular weight excluding hydrogens is 310 g/mol. The van der Waals surface area contributed by atoms with Crippen LogP contribution in [0.4, 0.5) is 5.69 Å². The van der Waals surface area contributed by atoms with Crippen LogP contribution < -0.4 is 0 Å². The Morgan fingerprint density at radius 3 is 2.48 bits per heavy atom. The van der Waals surface area contributed by atoms with Crippen LogP contribution in [0.5, 0.6) is 0 Å². The largest absolute Gasteiger partial charge is 0.270 e. The third-order valence-electron chi connectivity index (χ3n) is 3.88. The van der Waals surface area contributed by atoms with Gasteiger partial charge in [-0.25, -0.2) is 0 Å². The van der Waals surface area contributed by atoms with Crippen molar-refractivity contribution in [2.45, 2.75) is 6.92 Å². The molecule has 0 atom stereocenters. The molecule has 3 rings (SSSR count). The predicted octanol–water partition coefficient (Wildman–Crippen LogP) is 5.21. The van der Waals surface area contributed by atoms with Crippen LogP contribution in [-0.2, 0) is 0 Å². The first-order valence-corrected chi connectivity index (χ1v) is 7.33. The van der Waals surface area contributed by atoms with Crippen molar-refractivity contribution in [3.63, 3.8) is 0 Å². The third-order valence-corrected chi connectivity index (χ3v) is 4.13. The quantitative estimate of drug-likeness (QED) is 0.433. The summed E-state index contributed by atoms with van der Waals surface area (Å²) >= 11 is 5.91. The van der Waals surface area contributed by atoms with E-state index in [9.17, 15) is 10.1 Å². The molecule has 0 heterocycles. The second kappa shape index (κ2) is 5.75. The first-order valence-electron chi connectivity index (χ1n) is 6.95. The van der Waals surface area contributed by atoms with E-state index in [1.54, 1.807) is 6.07 Å². The molecule has 1 aliphatic rings. The van der Waals surface area contributed by atoms with E-state index >= 15 is 0 Å². The van der Waals surface area contributed by atoms with Crippen LogP contribution in [-0.4, -0.2) is 4.92 Å². The van der Waals surface area contributed by atoms with E-state index in [-0.39, 0.29) is 5.69 Å². The number of halogens is 1. The van der Waals surface area contributed by atoms with E-state index in [0.29, 0.717) is 10.6 Å². The fraction of sp³-hybridized carbons (Fsp3) is 0.0526. The number of non-ortho nitro benzene ring substituents is 1. The number of hydrogen-bond acceptors (Lipinski definition) is 2. The maximum Gasteiger partial charge on any atom is 0.270 e. The first kappa shape index (κ1) is 15.1. The fourth-order valence-corrected chi connectivity index (χ4v) is 2.85. The molecule has 0 aromatic heterocycles. The lowest BCUT2D eigenvalue weighted by Crippen LogP contribution is -1.91. The lowest BCUT2D eigenvalue weighted by atomic mass is 10.0. The van der Waals surface area contributed by atoms with Crippen molar-refractivity contribution in [3.05, 3.63) is 79.9 Å². The van der Waals surface area contributed by atoms with Gasteiger partial charge in [0.05, 0.1) is 4.92 Å². The predicted molar refractivity (Wildman–Crippen MR) is 93.8 cm³/mol. The molecule has 0 radical (unpaired) electrons. The Labute approximate surface area is 139 Å². The van der Waals surface area contributed by atoms with Crippen LogP contribution in [0, 0.1) is 22.5 Å². The number of nitrogens with zero attached hydrogens (tertiary/aromatic N) is 1. The van der Waals surface area contributed by atoms with E-state index in [4.69, 9.17) is 18.0 Å². The molecule has 0 unspecified atom stereocenters. The van der Waals surface area contributed by atoms with Crippen molar-refractivity contribution in [1.29, 1.82) is 0 Å². The topological polar surface area (TPSA) is 43.1 Å². The van der Waals surface area contributed by atoms with Gasteiger partial charge in [0, 0.05) is 28.3 Å². The van der Waals surface area contributed by atoms with E-state index < -0.39 is 4.92 Å². The summed E-state index contributed by atoms with van der Waals surface area (Å²) in [5.74, 6) is 2.66. The molecule has 1 aliphatic carbocycles. The zero-order valence-corrected chi connectivity index (χ0v) is 13.1. The van der Waals surface area contributed by atoms with Crippen molar-refractivity contribution in [3.8, 4) is 12.3 Å². The van der Waals surface area contributed by atoms with Gasteiger partial charge in [-0.05, 0) is 53.5 Å². The fourth-order valence-electron chi connectivity index (χ4n) is 2.72. The van der Waals surface area contributed by atoms with Crippen LogP contribution >= 0.6 is 11.6 Å². The Bertz CT molecular complexity index is 915. The molecule has 3 nitrogen and oxygen atoms in total. The van der Waals surface area contributed by atoms with Crippen molar-refractivity contribution >= 4 is 34.5 Å². The van der Waals surface area contributed by atoms with Gasteiger partial charge < -0.3 is 0 Å². The van der Waals surface area contributed by atoms with Crippen molar-refractivity contribution < 1.29 is 4.92 Å². The molecule has 0 bridgehead atoms. The molecule has 2 aromatic carbocycles. The standard InChI is InChI=1S/C19H12ClNO2/c1-3-16-12(2)18(10-13-4-6-14(20)7-5-13)17-9-8-15(21(22)23)11-19(16)17/h1,4-11H,2H3. The number of fused-ring (bicyclic) bond motifs is 1. The number of allylic oxidation sites excluding steroid dienone is 3. The summed E-state index contributed by atoms with van der Waals surface area (Å²) in [6, 6.07) is 12.3. The molecular formula is C19H12ClNO2. The highest BCUT2D eigenvalue weighted by Gasteiger charge is 2.24. The van der Waals surface area contributed by atoms with Crippen molar-refractivity contribution in [2.75, 3.05) is 0 Å². The average Bonchev–Trinajstić information content (AvgIpc) is 2.80. The highest BCUT2D eigenvalue weighted by molar-refractivity contribution is 6.30. The van der Waals surface area contributed by atoms with Crippen LogP contribution in [0.2, 0.25) is 5.02 Å². The summed E-state index contributed by atoms with van der Waals surface area (Å²) in [6.07, 6.45) is 7.63. The number of rotatable bonds is 2. The van der Waals surface area contributed by atoms with E-state index in [0.717, 1.165) is 27.8 Å². The molecule has 0 N–H and O–H groups in total. The Balaban J connectivity index is 2.18. The zero-order valence-electron chi connectivity index (χ0n) is 12.3. The summed E-state index contributed by atoms with van der Waals surface area (Å²) in [5.41, 5.74) is 5.30. The van der Waals surface area contributed by atoms with Gasteiger partial charge in [0.25, 0.3) is 5.69 Å². The van der Waals surface area contributed by atoms with E-state index in [2.05, 4.69) is 5.92 Å². The highest BCUT2D eigenvalue weighted by Crippen LogP contribution is 2.43. The van der Waals surface area contributed by atoms with Crippen LogP contribution in [0.1, 0.15) is 23.6 Å². The minimum Gasteiger partial charge on any atom is -0.258 e. The van der Waals surface area contributed by atoms with Gasteiger partial charge in [-0.2, -0.15) is 0 Å². The normalized spacial score (nSPS) is 14.7. The summed E-state index contributed by atoms with van der Waals surface area (Å²) in [4.78, 5) is 10.6. The molecule has 0 aliphatic heterocycles. The molecule has 0 fully saturated rings. The lowest BCUT2D eigenvalue weighted by Gasteiger charge is -2.04. The summed E-state index contributed by atoms with van der Waals surface area (Å²) < 4.78 is 0. The molecule has 112 valence electrons. The Morgan fingerprint density at radius 2 is 1.87 bits per heavy atom. The minimum absolute atomic E-state index is 0.0389. The summed E-state index contributed by atoms with van der Waals surface area (Å²) in [6.45, 7) is 1.93. The number of benzene rings is 2. The molecule has 0 saturated carbocycles. The second-order valence-electron chi connectivity index (χ2n) is 5.24. The highest BCUT2D eigenvalue weighted by atomic mass is 35.5. The Hall–Kier alpha value is -2.83. The molecule has 0 amide bonds. The van der Waals surface area contributed by atoms with Gasteiger partial charge in [-0.1, -0.05) is 29.7 Å². The maximum atomic E-state index is 11.0. The average molecular weight is 322 g/mol. The molecule has 0 spiro atoms. The number of nitro benzene ring substituents is 1. The maximum absolute atomic E-state index is 11.0. The minimum atomic E-state index is -0.412. The van der Waals surface area contributed by atoms with Crippen molar-refractivity contribution in [1.82, 2.24) is 0 Å². The Kier molecular flexibility index (Phi) is 3.77.